The third kappa shape index (κ3) is 7.04. The lowest BCUT2D eigenvalue weighted by atomic mass is 10.2. The minimum Gasteiger partial charge on any atom is -0.489 e. The zero-order valence-electron chi connectivity index (χ0n) is 14.9. The van der Waals surface area contributed by atoms with E-state index in [0.717, 1.165) is 0 Å². The molecule has 2 rings (SSSR count). The summed E-state index contributed by atoms with van der Waals surface area (Å²) in [6.45, 7) is 0.526. The number of carbonyl (C=O) groups is 2. The van der Waals surface area contributed by atoms with Crippen molar-refractivity contribution >= 4 is 24.5 Å². The first-order valence-corrected chi connectivity index (χ1v) is 8.17. The molecule has 0 radical (unpaired) electrons. The fourth-order valence-electron chi connectivity index (χ4n) is 2.07. The van der Waals surface area contributed by atoms with E-state index in [1.807, 2.05) is 24.3 Å². The van der Waals surface area contributed by atoms with Crippen LogP contribution in [0.15, 0.2) is 58.7 Å². The van der Waals surface area contributed by atoms with Crippen LogP contribution in [0.3, 0.4) is 0 Å². The molecule has 6 N–H and O–H groups in total. The highest BCUT2D eigenvalue weighted by molar-refractivity contribution is 5.85. The number of carbonyl (C=O) groups excluding carboxylic acids is 2. The summed E-state index contributed by atoms with van der Waals surface area (Å²) in [5, 5.41) is 7.43. The van der Waals surface area contributed by atoms with Gasteiger partial charge in [0.25, 0.3) is 0 Å². The van der Waals surface area contributed by atoms with Crippen LogP contribution in [0, 0.1) is 0 Å². The van der Waals surface area contributed by atoms with Crippen LogP contribution in [0.4, 0.5) is 9.59 Å². The van der Waals surface area contributed by atoms with Crippen LogP contribution in [0.5, 0.6) is 11.5 Å². The van der Waals surface area contributed by atoms with Gasteiger partial charge in [-0.3, -0.25) is 0 Å². The molecule has 0 bridgehead atoms. The van der Waals surface area contributed by atoms with Gasteiger partial charge in [0.15, 0.2) is 0 Å². The van der Waals surface area contributed by atoms with Crippen LogP contribution in [0.2, 0.25) is 0 Å². The monoisotopic (exact) mass is 384 g/mol. The van der Waals surface area contributed by atoms with Crippen LogP contribution in [0.25, 0.3) is 0 Å². The molecule has 0 aromatic heterocycles. The van der Waals surface area contributed by atoms with E-state index in [9.17, 15) is 9.59 Å². The summed E-state index contributed by atoms with van der Waals surface area (Å²) in [4.78, 5) is 21.3. The number of rotatable bonds is 9. The fraction of sp³-hybridized carbons (Fsp3) is 0.111. The maximum atomic E-state index is 10.7. The molecule has 0 aliphatic rings. The summed E-state index contributed by atoms with van der Waals surface area (Å²) >= 11 is 0. The Morgan fingerprint density at radius 2 is 1.18 bits per heavy atom. The van der Waals surface area contributed by atoms with E-state index in [1.54, 1.807) is 24.3 Å². The molecule has 146 valence electrons. The van der Waals surface area contributed by atoms with Crippen LogP contribution in [0.1, 0.15) is 11.1 Å². The Morgan fingerprint density at radius 3 is 1.57 bits per heavy atom. The molecule has 0 spiro atoms. The minimum atomic E-state index is -0.753. The lowest BCUT2D eigenvalue weighted by molar-refractivity contribution is 0.217. The van der Waals surface area contributed by atoms with Crippen molar-refractivity contribution in [2.75, 3.05) is 13.2 Å². The Morgan fingerprint density at radius 1 is 0.786 bits per heavy atom. The number of benzene rings is 2. The number of hydrogen-bond donors (Lipinski definition) is 4. The SMILES string of the molecule is NC(=O)N/N=C\c1ccccc1OCCOc1ccccc1/C=N\NC(N)=O. The maximum Gasteiger partial charge on any atom is 0.332 e. The van der Waals surface area contributed by atoms with Crippen molar-refractivity contribution in [2.45, 2.75) is 0 Å². The van der Waals surface area contributed by atoms with Crippen LogP contribution in [-0.2, 0) is 0 Å². The molecule has 0 saturated heterocycles. The normalized spacial score (nSPS) is 10.7. The van der Waals surface area contributed by atoms with Crippen LogP contribution in [-0.4, -0.2) is 37.7 Å². The van der Waals surface area contributed by atoms with Crippen molar-refractivity contribution in [1.29, 1.82) is 0 Å². The number of para-hydroxylation sites is 2. The molecule has 0 aliphatic heterocycles. The lowest BCUT2D eigenvalue weighted by Gasteiger charge is -2.11. The Hall–Kier alpha value is -4.08. The van der Waals surface area contributed by atoms with Gasteiger partial charge in [0, 0.05) is 11.1 Å². The molecule has 0 fully saturated rings. The molecule has 2 aromatic rings. The third-order valence-electron chi connectivity index (χ3n) is 3.19. The molecular formula is C18H20N6O4. The van der Waals surface area contributed by atoms with E-state index in [2.05, 4.69) is 21.1 Å². The summed E-state index contributed by atoms with van der Waals surface area (Å²) < 4.78 is 11.4. The molecule has 10 heteroatoms. The van der Waals surface area contributed by atoms with Gasteiger partial charge >= 0.3 is 12.1 Å². The van der Waals surface area contributed by atoms with Crippen molar-refractivity contribution in [3.05, 3.63) is 59.7 Å². The van der Waals surface area contributed by atoms with Crippen LogP contribution < -0.4 is 31.8 Å². The topological polar surface area (TPSA) is 153 Å². The van der Waals surface area contributed by atoms with E-state index >= 15 is 0 Å². The van der Waals surface area contributed by atoms with E-state index in [-0.39, 0.29) is 13.2 Å². The van der Waals surface area contributed by atoms with Gasteiger partial charge in [-0.05, 0) is 24.3 Å². The van der Waals surface area contributed by atoms with E-state index in [0.29, 0.717) is 22.6 Å². The maximum absolute atomic E-state index is 10.7. The summed E-state index contributed by atoms with van der Waals surface area (Å²) in [5.74, 6) is 1.14. The van der Waals surface area contributed by atoms with Gasteiger partial charge in [-0.15, -0.1) is 0 Å². The van der Waals surface area contributed by atoms with Gasteiger partial charge in [0.05, 0.1) is 12.4 Å². The molecule has 2 aromatic carbocycles. The second kappa shape index (κ2) is 10.8. The number of primary amides is 2. The molecule has 0 saturated carbocycles. The zero-order valence-corrected chi connectivity index (χ0v) is 14.9. The van der Waals surface area contributed by atoms with Gasteiger partial charge in [0.1, 0.15) is 24.7 Å². The van der Waals surface area contributed by atoms with Gasteiger partial charge < -0.3 is 20.9 Å². The van der Waals surface area contributed by atoms with Crippen molar-refractivity contribution in [1.82, 2.24) is 10.9 Å². The number of hydrazone groups is 2. The first-order valence-electron chi connectivity index (χ1n) is 8.17. The summed E-state index contributed by atoms with van der Waals surface area (Å²) in [6, 6.07) is 12.8. The first kappa shape index (κ1) is 20.2. The Balaban J connectivity index is 1.90. The number of nitrogens with two attached hydrogens (primary N) is 2. The van der Waals surface area contributed by atoms with Crippen molar-refractivity contribution in [2.24, 2.45) is 21.7 Å². The number of nitrogens with zero attached hydrogens (tertiary/aromatic N) is 2. The molecule has 4 amide bonds. The predicted octanol–water partition coefficient (Wildman–Crippen LogP) is 1.15. The summed E-state index contributed by atoms with van der Waals surface area (Å²) in [7, 11) is 0. The highest BCUT2D eigenvalue weighted by Crippen LogP contribution is 2.17. The van der Waals surface area contributed by atoms with Crippen molar-refractivity contribution in [3.8, 4) is 11.5 Å². The molecule has 0 unspecified atom stereocenters. The Labute approximate surface area is 161 Å². The van der Waals surface area contributed by atoms with Crippen LogP contribution >= 0.6 is 0 Å². The number of nitrogens with one attached hydrogen (secondary N) is 2. The van der Waals surface area contributed by atoms with Gasteiger partial charge in [-0.2, -0.15) is 10.2 Å². The smallest absolute Gasteiger partial charge is 0.332 e. The molecule has 0 atom stereocenters. The molecule has 10 nitrogen and oxygen atoms in total. The first-order chi connectivity index (χ1) is 13.6. The van der Waals surface area contributed by atoms with E-state index < -0.39 is 12.1 Å². The zero-order chi connectivity index (χ0) is 20.2. The van der Waals surface area contributed by atoms with Crippen molar-refractivity contribution in [3.63, 3.8) is 0 Å². The standard InChI is InChI=1S/C18H20N6O4/c19-17(25)23-21-11-13-5-1-3-7-15(13)27-9-10-28-16-8-4-2-6-14(16)12-22-24-18(20)26/h1-8,11-12H,9-10H2,(H3,19,23,25)(H3,20,24,26)/b21-11-,22-12-. The summed E-state index contributed by atoms with van der Waals surface area (Å²) in [6.07, 6.45) is 2.86. The minimum absolute atomic E-state index is 0.263. The van der Waals surface area contributed by atoms with Gasteiger partial charge in [0.2, 0.25) is 0 Å². The lowest BCUT2D eigenvalue weighted by Crippen LogP contribution is -2.24. The highest BCUT2D eigenvalue weighted by Gasteiger charge is 2.03. The number of hydrogen-bond acceptors (Lipinski definition) is 6. The highest BCUT2D eigenvalue weighted by atomic mass is 16.5. The Kier molecular flexibility index (Phi) is 7.81. The second-order valence-corrected chi connectivity index (χ2v) is 5.24. The number of urea groups is 2. The molecular weight excluding hydrogens is 364 g/mol. The largest absolute Gasteiger partial charge is 0.489 e. The molecule has 0 aliphatic carbocycles. The second-order valence-electron chi connectivity index (χ2n) is 5.24. The number of ether oxygens (including phenoxy) is 2. The van der Waals surface area contributed by atoms with Gasteiger partial charge in [-0.1, -0.05) is 24.3 Å². The third-order valence-corrected chi connectivity index (χ3v) is 3.19. The quantitative estimate of drug-likeness (QED) is 0.291. The summed E-state index contributed by atoms with van der Waals surface area (Å²) in [5.41, 5.74) is 15.5. The van der Waals surface area contributed by atoms with Gasteiger partial charge in [-0.25, -0.2) is 20.4 Å². The predicted molar refractivity (Wildman–Crippen MR) is 105 cm³/mol. The van der Waals surface area contributed by atoms with E-state index in [4.69, 9.17) is 20.9 Å². The molecule has 28 heavy (non-hydrogen) atoms. The number of amides is 4. The average molecular weight is 384 g/mol. The average Bonchev–Trinajstić information content (AvgIpc) is 2.67. The Bertz CT molecular complexity index is 797. The fourth-order valence-corrected chi connectivity index (χ4v) is 2.07. The van der Waals surface area contributed by atoms with Crippen molar-refractivity contribution < 1.29 is 19.1 Å². The van der Waals surface area contributed by atoms with E-state index in [1.165, 1.54) is 12.4 Å². The molecule has 0 heterocycles.